The molecular formula is C18H20N2O2S. The molecule has 0 spiro atoms. The summed E-state index contributed by atoms with van der Waals surface area (Å²) in [5.41, 5.74) is 2.49. The molecule has 0 aliphatic heterocycles. The van der Waals surface area contributed by atoms with Crippen molar-refractivity contribution >= 4 is 28.9 Å². The molecule has 0 bridgehead atoms. The van der Waals surface area contributed by atoms with Gasteiger partial charge in [-0.25, -0.2) is 0 Å². The lowest BCUT2D eigenvalue weighted by Crippen LogP contribution is -2.34. The predicted octanol–water partition coefficient (Wildman–Crippen LogP) is 3.91. The van der Waals surface area contributed by atoms with Gasteiger partial charge >= 0.3 is 0 Å². The number of thiocarbonyl (C=S) groups is 1. The van der Waals surface area contributed by atoms with E-state index in [9.17, 15) is 4.79 Å². The largest absolute Gasteiger partial charge is 0.494 e. The van der Waals surface area contributed by atoms with Gasteiger partial charge in [0, 0.05) is 11.3 Å². The minimum absolute atomic E-state index is 0.253. The molecule has 0 saturated carbocycles. The monoisotopic (exact) mass is 328 g/mol. The van der Waals surface area contributed by atoms with Gasteiger partial charge in [-0.05, 0) is 67.5 Å². The van der Waals surface area contributed by atoms with Crippen molar-refractivity contribution in [2.75, 3.05) is 11.9 Å². The fourth-order valence-electron chi connectivity index (χ4n) is 1.98. The molecule has 2 N–H and O–H groups in total. The van der Waals surface area contributed by atoms with E-state index >= 15 is 0 Å². The number of hydrogen-bond donors (Lipinski definition) is 2. The maximum atomic E-state index is 12.2. The Bertz CT molecular complexity index is 684. The lowest BCUT2D eigenvalue weighted by atomic mass is 10.2. The molecule has 1 amide bonds. The quantitative estimate of drug-likeness (QED) is 0.817. The van der Waals surface area contributed by atoms with Crippen molar-refractivity contribution in [3.8, 4) is 5.75 Å². The van der Waals surface area contributed by atoms with Crippen molar-refractivity contribution in [3.63, 3.8) is 0 Å². The third-order valence-corrected chi connectivity index (χ3v) is 3.30. The number of nitrogens with one attached hydrogen (secondary N) is 2. The molecule has 0 radical (unpaired) electrons. The smallest absolute Gasteiger partial charge is 0.257 e. The van der Waals surface area contributed by atoms with Crippen molar-refractivity contribution in [2.24, 2.45) is 0 Å². The number of benzene rings is 2. The number of carbonyl (C=O) groups is 1. The Kier molecular flexibility index (Phi) is 6.11. The lowest BCUT2D eigenvalue weighted by molar-refractivity contribution is 0.0977. The highest BCUT2D eigenvalue weighted by atomic mass is 32.1. The van der Waals surface area contributed by atoms with Gasteiger partial charge < -0.3 is 10.1 Å². The molecule has 0 aromatic heterocycles. The second-order valence-electron chi connectivity index (χ2n) is 5.15. The van der Waals surface area contributed by atoms with Crippen molar-refractivity contribution in [1.29, 1.82) is 0 Å². The first kappa shape index (κ1) is 17.0. The number of amides is 1. The van der Waals surface area contributed by atoms with Gasteiger partial charge in [0.25, 0.3) is 5.91 Å². The first-order valence-electron chi connectivity index (χ1n) is 7.50. The molecule has 0 aliphatic carbocycles. The second-order valence-corrected chi connectivity index (χ2v) is 5.56. The molecule has 23 heavy (non-hydrogen) atoms. The van der Waals surface area contributed by atoms with Crippen LogP contribution in [0, 0.1) is 6.92 Å². The molecule has 0 aliphatic rings. The average Bonchev–Trinajstić information content (AvgIpc) is 2.53. The van der Waals surface area contributed by atoms with Crippen molar-refractivity contribution < 1.29 is 9.53 Å². The van der Waals surface area contributed by atoms with Crippen LogP contribution in [0.1, 0.15) is 29.3 Å². The second kappa shape index (κ2) is 8.29. The van der Waals surface area contributed by atoms with Crippen molar-refractivity contribution in [2.45, 2.75) is 20.3 Å². The molecule has 0 heterocycles. The average molecular weight is 328 g/mol. The number of aryl methyl sites for hydroxylation is 1. The topological polar surface area (TPSA) is 50.4 Å². The summed E-state index contributed by atoms with van der Waals surface area (Å²) < 4.78 is 5.49. The molecule has 2 aromatic rings. The molecular weight excluding hydrogens is 308 g/mol. The summed E-state index contributed by atoms with van der Waals surface area (Å²) in [6, 6.07) is 14.8. The Morgan fingerprint density at radius 1 is 1.17 bits per heavy atom. The molecule has 2 rings (SSSR count). The van der Waals surface area contributed by atoms with Crippen molar-refractivity contribution in [3.05, 3.63) is 59.7 Å². The first-order chi connectivity index (χ1) is 11.1. The molecule has 120 valence electrons. The predicted molar refractivity (Wildman–Crippen MR) is 97.1 cm³/mol. The van der Waals surface area contributed by atoms with E-state index in [2.05, 4.69) is 10.6 Å². The zero-order valence-electron chi connectivity index (χ0n) is 13.3. The summed E-state index contributed by atoms with van der Waals surface area (Å²) in [6.07, 6.45) is 0.946. The van der Waals surface area contributed by atoms with Gasteiger partial charge in [0.1, 0.15) is 5.75 Å². The minimum atomic E-state index is -0.253. The molecule has 0 unspecified atom stereocenters. The third kappa shape index (κ3) is 5.38. The van der Waals surface area contributed by atoms with E-state index in [-0.39, 0.29) is 11.0 Å². The molecule has 5 heteroatoms. The molecule has 0 atom stereocenters. The van der Waals surface area contributed by atoms with E-state index < -0.39 is 0 Å². The van der Waals surface area contributed by atoms with Crippen LogP contribution < -0.4 is 15.4 Å². The van der Waals surface area contributed by atoms with Crippen LogP contribution in [-0.4, -0.2) is 17.6 Å². The van der Waals surface area contributed by atoms with E-state index in [0.717, 1.165) is 23.4 Å². The highest BCUT2D eigenvalue weighted by Gasteiger charge is 2.08. The SMILES string of the molecule is CCCOc1ccc(C(=O)NC(=S)Nc2cccc(C)c2)cc1. The zero-order chi connectivity index (χ0) is 16.7. The molecule has 4 nitrogen and oxygen atoms in total. The molecule has 0 fully saturated rings. The number of rotatable bonds is 5. The summed E-state index contributed by atoms with van der Waals surface area (Å²) >= 11 is 5.17. The maximum absolute atomic E-state index is 12.2. The van der Waals surface area contributed by atoms with Gasteiger partial charge in [-0.2, -0.15) is 0 Å². The minimum Gasteiger partial charge on any atom is -0.494 e. The summed E-state index contributed by atoms with van der Waals surface area (Å²) in [7, 11) is 0. The van der Waals surface area contributed by atoms with Crippen LogP contribution in [0.15, 0.2) is 48.5 Å². The highest BCUT2D eigenvalue weighted by molar-refractivity contribution is 7.80. The van der Waals surface area contributed by atoms with Crippen LogP contribution >= 0.6 is 12.2 Å². The Morgan fingerprint density at radius 2 is 1.91 bits per heavy atom. The number of anilines is 1. The van der Waals surface area contributed by atoms with Crippen LogP contribution in [-0.2, 0) is 0 Å². The van der Waals surface area contributed by atoms with Gasteiger partial charge in [0.15, 0.2) is 5.11 Å². The van der Waals surface area contributed by atoms with Gasteiger partial charge in [-0.15, -0.1) is 0 Å². The van der Waals surface area contributed by atoms with E-state index in [4.69, 9.17) is 17.0 Å². The Morgan fingerprint density at radius 3 is 2.57 bits per heavy atom. The zero-order valence-corrected chi connectivity index (χ0v) is 14.1. The normalized spacial score (nSPS) is 10.0. The van der Waals surface area contributed by atoms with E-state index in [1.165, 1.54) is 0 Å². The van der Waals surface area contributed by atoms with Gasteiger partial charge in [0.2, 0.25) is 0 Å². The number of carbonyl (C=O) groups excluding carboxylic acids is 1. The first-order valence-corrected chi connectivity index (χ1v) is 7.91. The van der Waals surface area contributed by atoms with Crippen molar-refractivity contribution in [1.82, 2.24) is 5.32 Å². The maximum Gasteiger partial charge on any atom is 0.257 e. The highest BCUT2D eigenvalue weighted by Crippen LogP contribution is 2.13. The van der Waals surface area contributed by atoms with Crippen LogP contribution in [0.5, 0.6) is 5.75 Å². The summed E-state index contributed by atoms with van der Waals surface area (Å²) in [4.78, 5) is 12.2. The Balaban J connectivity index is 1.91. The molecule has 0 saturated heterocycles. The van der Waals surface area contributed by atoms with Crippen LogP contribution in [0.4, 0.5) is 5.69 Å². The number of hydrogen-bond acceptors (Lipinski definition) is 3. The lowest BCUT2D eigenvalue weighted by Gasteiger charge is -2.10. The van der Waals surface area contributed by atoms with E-state index in [1.807, 2.05) is 38.1 Å². The summed E-state index contributed by atoms with van der Waals surface area (Å²) in [5, 5.41) is 5.94. The van der Waals surface area contributed by atoms with E-state index in [1.54, 1.807) is 24.3 Å². The number of ether oxygens (including phenoxy) is 1. The fraction of sp³-hybridized carbons (Fsp3) is 0.222. The summed E-state index contributed by atoms with van der Waals surface area (Å²) in [5.74, 6) is 0.501. The Labute approximate surface area is 141 Å². The van der Waals surface area contributed by atoms with E-state index in [0.29, 0.717) is 12.2 Å². The van der Waals surface area contributed by atoms with Crippen LogP contribution in [0.3, 0.4) is 0 Å². The summed E-state index contributed by atoms with van der Waals surface area (Å²) in [6.45, 7) is 4.70. The van der Waals surface area contributed by atoms with Gasteiger partial charge in [-0.3, -0.25) is 10.1 Å². The fourth-order valence-corrected chi connectivity index (χ4v) is 2.19. The van der Waals surface area contributed by atoms with Crippen LogP contribution in [0.2, 0.25) is 0 Å². The van der Waals surface area contributed by atoms with Gasteiger partial charge in [0.05, 0.1) is 6.61 Å². The third-order valence-electron chi connectivity index (χ3n) is 3.09. The molecule has 2 aromatic carbocycles. The van der Waals surface area contributed by atoms with Gasteiger partial charge in [-0.1, -0.05) is 19.1 Å². The Hall–Kier alpha value is -2.40. The van der Waals surface area contributed by atoms with Crippen LogP contribution in [0.25, 0.3) is 0 Å². The standard InChI is InChI=1S/C18H20N2O2S/c1-3-11-22-16-9-7-14(8-10-16)17(21)20-18(23)19-15-6-4-5-13(2)12-15/h4-10,12H,3,11H2,1-2H3,(H2,19,20,21,23).